The Bertz CT molecular complexity index is 356. The standard InChI is InChI=1S/C14H22N2OS/c1-4-12(2)16(14(17)7-9-18-3)11-13-6-5-8-15-10-13/h5-6,8,10,12H,4,7,9,11H2,1-3H3. The van der Waals surface area contributed by atoms with Gasteiger partial charge in [-0.05, 0) is 31.2 Å². The van der Waals surface area contributed by atoms with E-state index < -0.39 is 0 Å². The molecule has 3 nitrogen and oxygen atoms in total. The highest BCUT2D eigenvalue weighted by molar-refractivity contribution is 7.98. The molecule has 0 saturated carbocycles. The smallest absolute Gasteiger partial charge is 0.223 e. The average Bonchev–Trinajstić information content (AvgIpc) is 2.42. The summed E-state index contributed by atoms with van der Waals surface area (Å²) in [6.07, 6.45) is 7.21. The van der Waals surface area contributed by atoms with Crippen LogP contribution in [0.25, 0.3) is 0 Å². The lowest BCUT2D eigenvalue weighted by Gasteiger charge is -2.28. The Balaban J connectivity index is 2.69. The lowest BCUT2D eigenvalue weighted by molar-refractivity contribution is -0.133. The van der Waals surface area contributed by atoms with Gasteiger partial charge in [-0.2, -0.15) is 11.8 Å². The van der Waals surface area contributed by atoms with E-state index in [0.717, 1.165) is 17.7 Å². The van der Waals surface area contributed by atoms with Gasteiger partial charge in [-0.15, -0.1) is 0 Å². The molecule has 0 bridgehead atoms. The normalized spacial score (nSPS) is 12.2. The van der Waals surface area contributed by atoms with Crippen LogP contribution in [0, 0.1) is 0 Å². The van der Waals surface area contributed by atoms with Gasteiger partial charge in [-0.1, -0.05) is 13.0 Å². The van der Waals surface area contributed by atoms with E-state index in [1.54, 1.807) is 18.0 Å². The van der Waals surface area contributed by atoms with E-state index in [4.69, 9.17) is 0 Å². The molecule has 18 heavy (non-hydrogen) atoms. The van der Waals surface area contributed by atoms with Gasteiger partial charge in [0.05, 0.1) is 0 Å². The van der Waals surface area contributed by atoms with E-state index in [-0.39, 0.29) is 11.9 Å². The molecule has 1 unspecified atom stereocenters. The van der Waals surface area contributed by atoms with Crippen LogP contribution in [0.15, 0.2) is 24.5 Å². The number of aromatic nitrogens is 1. The van der Waals surface area contributed by atoms with Crippen molar-refractivity contribution < 1.29 is 4.79 Å². The number of rotatable bonds is 7. The lowest BCUT2D eigenvalue weighted by Crippen LogP contribution is -2.38. The summed E-state index contributed by atoms with van der Waals surface area (Å²) in [5.74, 6) is 1.13. The lowest BCUT2D eigenvalue weighted by atomic mass is 10.1. The number of thioether (sulfide) groups is 1. The Hall–Kier alpha value is -1.03. The maximum Gasteiger partial charge on any atom is 0.223 e. The molecule has 1 amide bonds. The van der Waals surface area contributed by atoms with Gasteiger partial charge in [0.1, 0.15) is 0 Å². The van der Waals surface area contributed by atoms with Gasteiger partial charge in [-0.25, -0.2) is 0 Å². The Morgan fingerprint density at radius 1 is 1.56 bits per heavy atom. The van der Waals surface area contributed by atoms with Crippen molar-refractivity contribution in [3.05, 3.63) is 30.1 Å². The van der Waals surface area contributed by atoms with Gasteiger partial charge >= 0.3 is 0 Å². The molecule has 1 aromatic rings. The fourth-order valence-electron chi connectivity index (χ4n) is 1.73. The van der Waals surface area contributed by atoms with E-state index in [1.165, 1.54) is 0 Å². The molecule has 0 aromatic carbocycles. The quantitative estimate of drug-likeness (QED) is 0.760. The molecular formula is C14H22N2OS. The van der Waals surface area contributed by atoms with Gasteiger partial charge in [-0.3, -0.25) is 9.78 Å². The van der Waals surface area contributed by atoms with Crippen LogP contribution in [0.3, 0.4) is 0 Å². The van der Waals surface area contributed by atoms with Crippen molar-refractivity contribution in [2.24, 2.45) is 0 Å². The summed E-state index contributed by atoms with van der Waals surface area (Å²) in [5, 5.41) is 0. The average molecular weight is 266 g/mol. The summed E-state index contributed by atoms with van der Waals surface area (Å²) >= 11 is 1.71. The van der Waals surface area contributed by atoms with Crippen molar-refractivity contribution in [2.75, 3.05) is 12.0 Å². The molecule has 0 radical (unpaired) electrons. The molecule has 0 aliphatic rings. The van der Waals surface area contributed by atoms with Crippen LogP contribution in [0.1, 0.15) is 32.3 Å². The number of hydrogen-bond acceptors (Lipinski definition) is 3. The molecule has 100 valence electrons. The van der Waals surface area contributed by atoms with Crippen molar-refractivity contribution in [3.8, 4) is 0 Å². The molecule has 1 aromatic heterocycles. The van der Waals surface area contributed by atoms with Crippen LogP contribution in [0.5, 0.6) is 0 Å². The molecule has 0 aliphatic carbocycles. The zero-order chi connectivity index (χ0) is 13.4. The first-order valence-electron chi connectivity index (χ1n) is 6.36. The number of carbonyl (C=O) groups is 1. The maximum atomic E-state index is 12.2. The summed E-state index contributed by atoms with van der Waals surface area (Å²) in [7, 11) is 0. The van der Waals surface area contributed by atoms with Gasteiger partial charge < -0.3 is 4.90 Å². The molecule has 4 heteroatoms. The van der Waals surface area contributed by atoms with Crippen molar-refractivity contribution in [1.29, 1.82) is 0 Å². The fraction of sp³-hybridized carbons (Fsp3) is 0.571. The largest absolute Gasteiger partial charge is 0.336 e. The van der Waals surface area contributed by atoms with Crippen molar-refractivity contribution in [1.82, 2.24) is 9.88 Å². The second kappa shape index (κ2) is 8.14. The molecule has 1 atom stereocenters. The summed E-state index contributed by atoms with van der Waals surface area (Å²) in [6, 6.07) is 4.21. The van der Waals surface area contributed by atoms with Crippen LogP contribution in [0.2, 0.25) is 0 Å². The second-order valence-corrected chi connectivity index (χ2v) is 5.37. The van der Waals surface area contributed by atoms with E-state index in [0.29, 0.717) is 13.0 Å². The fourth-order valence-corrected chi connectivity index (χ4v) is 2.11. The monoisotopic (exact) mass is 266 g/mol. The molecule has 0 saturated heterocycles. The van der Waals surface area contributed by atoms with Crippen LogP contribution in [-0.4, -0.2) is 33.8 Å². The zero-order valence-electron chi connectivity index (χ0n) is 11.4. The zero-order valence-corrected chi connectivity index (χ0v) is 12.2. The molecule has 1 heterocycles. The van der Waals surface area contributed by atoms with Gasteiger partial charge in [0.2, 0.25) is 5.91 Å². The highest BCUT2D eigenvalue weighted by atomic mass is 32.2. The Morgan fingerprint density at radius 3 is 2.89 bits per heavy atom. The third-order valence-corrected chi connectivity index (χ3v) is 3.65. The Morgan fingerprint density at radius 2 is 2.33 bits per heavy atom. The third-order valence-electron chi connectivity index (χ3n) is 3.04. The van der Waals surface area contributed by atoms with E-state index >= 15 is 0 Å². The molecule has 0 N–H and O–H groups in total. The molecule has 0 fully saturated rings. The topological polar surface area (TPSA) is 33.2 Å². The minimum Gasteiger partial charge on any atom is -0.336 e. The summed E-state index contributed by atoms with van der Waals surface area (Å²) in [5.41, 5.74) is 1.09. The van der Waals surface area contributed by atoms with Gasteiger partial charge in [0.15, 0.2) is 0 Å². The summed E-state index contributed by atoms with van der Waals surface area (Å²) < 4.78 is 0. The number of hydrogen-bond donors (Lipinski definition) is 0. The SMILES string of the molecule is CCC(C)N(Cc1cccnc1)C(=O)CCSC. The first kappa shape index (κ1) is 15.0. The second-order valence-electron chi connectivity index (χ2n) is 4.38. The van der Waals surface area contributed by atoms with E-state index in [1.807, 2.05) is 29.5 Å². The first-order chi connectivity index (χ1) is 8.69. The van der Waals surface area contributed by atoms with Crippen LogP contribution < -0.4 is 0 Å². The molecule has 0 aliphatic heterocycles. The summed E-state index contributed by atoms with van der Waals surface area (Å²) in [4.78, 5) is 18.3. The molecular weight excluding hydrogens is 244 g/mol. The first-order valence-corrected chi connectivity index (χ1v) is 7.75. The number of amides is 1. The number of carbonyl (C=O) groups excluding carboxylic acids is 1. The highest BCUT2D eigenvalue weighted by Crippen LogP contribution is 2.12. The van der Waals surface area contributed by atoms with Crippen molar-refractivity contribution in [2.45, 2.75) is 39.3 Å². The van der Waals surface area contributed by atoms with Gasteiger partial charge in [0, 0.05) is 37.2 Å². The van der Waals surface area contributed by atoms with Crippen LogP contribution >= 0.6 is 11.8 Å². The van der Waals surface area contributed by atoms with Crippen molar-refractivity contribution >= 4 is 17.7 Å². The third kappa shape index (κ3) is 4.69. The minimum absolute atomic E-state index is 0.238. The highest BCUT2D eigenvalue weighted by Gasteiger charge is 2.18. The van der Waals surface area contributed by atoms with Crippen LogP contribution in [0.4, 0.5) is 0 Å². The Kier molecular flexibility index (Phi) is 6.80. The van der Waals surface area contributed by atoms with E-state index in [2.05, 4.69) is 18.8 Å². The predicted octanol–water partition coefficient (Wildman–Crippen LogP) is 2.96. The minimum atomic E-state index is 0.238. The van der Waals surface area contributed by atoms with Crippen LogP contribution in [-0.2, 0) is 11.3 Å². The summed E-state index contributed by atoms with van der Waals surface area (Å²) in [6.45, 7) is 4.88. The van der Waals surface area contributed by atoms with Crippen molar-refractivity contribution in [3.63, 3.8) is 0 Å². The Labute approximate surface area is 114 Å². The predicted molar refractivity (Wildman–Crippen MR) is 77.5 cm³/mol. The molecule has 1 rings (SSSR count). The number of pyridine rings is 1. The molecule has 0 spiro atoms. The van der Waals surface area contributed by atoms with E-state index in [9.17, 15) is 4.79 Å². The number of nitrogens with zero attached hydrogens (tertiary/aromatic N) is 2. The maximum absolute atomic E-state index is 12.2. The van der Waals surface area contributed by atoms with Gasteiger partial charge in [0.25, 0.3) is 0 Å².